The molecule has 2 aromatic rings. The molecule has 22 heavy (non-hydrogen) atoms. The van der Waals surface area contributed by atoms with Gasteiger partial charge in [0, 0.05) is 12.5 Å². The van der Waals surface area contributed by atoms with Gasteiger partial charge in [-0.05, 0) is 19.8 Å². The molecule has 5 nitrogen and oxygen atoms in total. The highest BCUT2D eigenvalue weighted by atomic mass is 16.6. The molecule has 0 aliphatic carbocycles. The number of rotatable bonds is 4. The van der Waals surface area contributed by atoms with Crippen molar-refractivity contribution >= 4 is 5.97 Å². The molecule has 0 amide bonds. The quantitative estimate of drug-likeness (QED) is 0.810. The van der Waals surface area contributed by atoms with Gasteiger partial charge in [-0.3, -0.25) is 0 Å². The molecule has 3 rings (SSSR count). The summed E-state index contributed by atoms with van der Waals surface area (Å²) in [4.78, 5) is 16.5. The fourth-order valence-electron chi connectivity index (χ4n) is 2.60. The minimum atomic E-state index is -0.473. The number of ether oxygens (including phenoxy) is 2. The molecule has 2 heterocycles. The van der Waals surface area contributed by atoms with Gasteiger partial charge in [0.2, 0.25) is 0 Å². The lowest BCUT2D eigenvalue weighted by molar-refractivity contribution is -0.00294. The zero-order valence-electron chi connectivity index (χ0n) is 12.7. The van der Waals surface area contributed by atoms with E-state index in [1.54, 1.807) is 6.92 Å². The second kappa shape index (κ2) is 6.32. The maximum atomic E-state index is 12.3. The van der Waals surface area contributed by atoms with Crippen LogP contribution in [0.1, 0.15) is 36.1 Å². The zero-order valence-corrected chi connectivity index (χ0v) is 12.7. The Hall–Kier alpha value is -2.14. The molecule has 1 fully saturated rings. The van der Waals surface area contributed by atoms with Crippen LogP contribution < -0.4 is 0 Å². The number of benzene rings is 1. The Morgan fingerprint density at radius 1 is 1.32 bits per heavy atom. The van der Waals surface area contributed by atoms with E-state index in [1.807, 2.05) is 37.3 Å². The Labute approximate surface area is 129 Å². The maximum absolute atomic E-state index is 12.3. The standard InChI is InChI=1S/C17H19NO4/c1-11-8-9-14(21-11)10-20-17(19)15-16(22-12(2)18-15)13-6-4-3-5-7-13/h3-7,11,14H,8-10H2,1-2H3/t11-,14+/m0/s1. The Balaban J connectivity index is 1.73. The van der Waals surface area contributed by atoms with Gasteiger partial charge in [-0.2, -0.15) is 0 Å². The van der Waals surface area contributed by atoms with Gasteiger partial charge >= 0.3 is 5.97 Å². The predicted octanol–water partition coefficient (Wildman–Crippen LogP) is 3.37. The van der Waals surface area contributed by atoms with Crippen LogP contribution in [0.3, 0.4) is 0 Å². The molecular weight excluding hydrogens is 282 g/mol. The van der Waals surface area contributed by atoms with Crippen LogP contribution in [0.25, 0.3) is 11.3 Å². The molecular formula is C17H19NO4. The van der Waals surface area contributed by atoms with Crippen LogP contribution in [0.2, 0.25) is 0 Å². The summed E-state index contributed by atoms with van der Waals surface area (Å²) in [5.74, 6) is 0.416. The molecule has 116 valence electrons. The smallest absolute Gasteiger partial charge is 0.361 e. The van der Waals surface area contributed by atoms with Gasteiger partial charge in [-0.1, -0.05) is 30.3 Å². The minimum absolute atomic E-state index is 0.0212. The highest BCUT2D eigenvalue weighted by Crippen LogP contribution is 2.26. The molecule has 0 radical (unpaired) electrons. The van der Waals surface area contributed by atoms with Crippen LogP contribution in [0.4, 0.5) is 0 Å². The number of aromatic nitrogens is 1. The van der Waals surface area contributed by atoms with Gasteiger partial charge in [-0.15, -0.1) is 0 Å². The number of esters is 1. The molecule has 1 aliphatic heterocycles. The minimum Gasteiger partial charge on any atom is -0.458 e. The third-order valence-corrected chi connectivity index (χ3v) is 3.68. The average Bonchev–Trinajstić information content (AvgIpc) is 3.11. The fourth-order valence-corrected chi connectivity index (χ4v) is 2.60. The predicted molar refractivity (Wildman–Crippen MR) is 80.5 cm³/mol. The van der Waals surface area contributed by atoms with Crippen LogP contribution in [-0.2, 0) is 9.47 Å². The molecule has 2 atom stereocenters. The highest BCUT2D eigenvalue weighted by Gasteiger charge is 2.26. The number of carbonyl (C=O) groups is 1. The van der Waals surface area contributed by atoms with Crippen LogP contribution in [0.5, 0.6) is 0 Å². The van der Waals surface area contributed by atoms with Gasteiger partial charge in [0.15, 0.2) is 17.3 Å². The Morgan fingerprint density at radius 2 is 2.09 bits per heavy atom. The van der Waals surface area contributed by atoms with Crippen LogP contribution in [-0.4, -0.2) is 29.8 Å². The second-order valence-corrected chi connectivity index (χ2v) is 5.52. The van der Waals surface area contributed by atoms with Crippen molar-refractivity contribution in [1.29, 1.82) is 0 Å². The van der Waals surface area contributed by atoms with Crippen molar-refractivity contribution in [3.63, 3.8) is 0 Å². The number of oxazole rings is 1. The average molecular weight is 301 g/mol. The first-order valence-corrected chi connectivity index (χ1v) is 7.49. The molecule has 1 saturated heterocycles. The van der Waals surface area contributed by atoms with Crippen molar-refractivity contribution in [2.24, 2.45) is 0 Å². The van der Waals surface area contributed by atoms with E-state index in [-0.39, 0.29) is 24.5 Å². The van der Waals surface area contributed by atoms with E-state index >= 15 is 0 Å². The van der Waals surface area contributed by atoms with Crippen LogP contribution in [0.15, 0.2) is 34.7 Å². The van der Waals surface area contributed by atoms with Gasteiger partial charge in [-0.25, -0.2) is 9.78 Å². The van der Waals surface area contributed by atoms with Crippen LogP contribution >= 0.6 is 0 Å². The summed E-state index contributed by atoms with van der Waals surface area (Å²) in [6.07, 6.45) is 2.13. The number of hydrogen-bond acceptors (Lipinski definition) is 5. The van der Waals surface area contributed by atoms with Gasteiger partial charge in [0.05, 0.1) is 12.2 Å². The SMILES string of the molecule is Cc1nc(C(=O)OC[C@H]2CC[C@H](C)O2)c(-c2ccccc2)o1. The van der Waals surface area contributed by atoms with Gasteiger partial charge < -0.3 is 13.9 Å². The number of nitrogens with zero attached hydrogens (tertiary/aromatic N) is 1. The second-order valence-electron chi connectivity index (χ2n) is 5.52. The highest BCUT2D eigenvalue weighted by molar-refractivity contribution is 5.93. The number of hydrogen-bond donors (Lipinski definition) is 0. The molecule has 1 aromatic carbocycles. The van der Waals surface area contributed by atoms with Crippen molar-refractivity contribution in [3.05, 3.63) is 41.9 Å². The number of aryl methyl sites for hydroxylation is 1. The van der Waals surface area contributed by atoms with Crippen LogP contribution in [0, 0.1) is 6.92 Å². The maximum Gasteiger partial charge on any atom is 0.361 e. The monoisotopic (exact) mass is 301 g/mol. The molecule has 0 saturated carbocycles. The van der Waals surface area contributed by atoms with Gasteiger partial charge in [0.25, 0.3) is 0 Å². The van der Waals surface area contributed by atoms with E-state index in [4.69, 9.17) is 13.9 Å². The number of carbonyl (C=O) groups excluding carboxylic acids is 1. The molecule has 1 aromatic heterocycles. The first-order valence-electron chi connectivity index (χ1n) is 7.49. The summed E-state index contributed by atoms with van der Waals surface area (Å²) in [5, 5.41) is 0. The van der Waals surface area contributed by atoms with E-state index < -0.39 is 5.97 Å². The topological polar surface area (TPSA) is 61.6 Å². The largest absolute Gasteiger partial charge is 0.458 e. The first-order chi connectivity index (χ1) is 10.6. The normalized spacial score (nSPS) is 21.0. The summed E-state index contributed by atoms with van der Waals surface area (Å²) in [7, 11) is 0. The van der Waals surface area contributed by atoms with Crippen molar-refractivity contribution in [1.82, 2.24) is 4.98 Å². The summed E-state index contributed by atoms with van der Waals surface area (Å²) in [5.41, 5.74) is 1.02. The lowest BCUT2D eigenvalue weighted by Crippen LogP contribution is -2.19. The zero-order chi connectivity index (χ0) is 15.5. The molecule has 0 spiro atoms. The first kappa shape index (κ1) is 14.8. The van der Waals surface area contributed by atoms with Crippen molar-refractivity contribution < 1.29 is 18.7 Å². The molecule has 0 bridgehead atoms. The summed E-state index contributed by atoms with van der Waals surface area (Å²) >= 11 is 0. The lowest BCUT2D eigenvalue weighted by atomic mass is 10.1. The molecule has 1 aliphatic rings. The summed E-state index contributed by atoms with van der Waals surface area (Å²) in [6.45, 7) is 3.99. The molecule has 0 N–H and O–H groups in total. The van der Waals surface area contributed by atoms with E-state index in [1.165, 1.54) is 0 Å². The molecule has 0 unspecified atom stereocenters. The van der Waals surface area contributed by atoms with Crippen molar-refractivity contribution in [3.8, 4) is 11.3 Å². The van der Waals surface area contributed by atoms with E-state index in [0.717, 1.165) is 18.4 Å². The molecule has 5 heteroatoms. The summed E-state index contributed by atoms with van der Waals surface area (Å²) < 4.78 is 16.6. The Morgan fingerprint density at radius 3 is 2.77 bits per heavy atom. The van der Waals surface area contributed by atoms with E-state index in [2.05, 4.69) is 4.98 Å². The van der Waals surface area contributed by atoms with E-state index in [9.17, 15) is 4.79 Å². The third-order valence-electron chi connectivity index (χ3n) is 3.68. The van der Waals surface area contributed by atoms with Crippen molar-refractivity contribution in [2.45, 2.75) is 38.9 Å². The van der Waals surface area contributed by atoms with E-state index in [0.29, 0.717) is 11.7 Å². The third kappa shape index (κ3) is 3.20. The summed E-state index contributed by atoms with van der Waals surface area (Å²) in [6, 6.07) is 9.42. The fraction of sp³-hybridized carbons (Fsp3) is 0.412. The Bertz CT molecular complexity index is 650. The lowest BCUT2D eigenvalue weighted by Gasteiger charge is -2.11. The Kier molecular flexibility index (Phi) is 4.24. The van der Waals surface area contributed by atoms with Gasteiger partial charge in [0.1, 0.15) is 6.61 Å². The van der Waals surface area contributed by atoms with Crippen molar-refractivity contribution in [2.75, 3.05) is 6.61 Å².